The first-order valence-corrected chi connectivity index (χ1v) is 12.5. The van der Waals surface area contributed by atoms with Gasteiger partial charge in [-0.1, -0.05) is 38.5 Å². The molecule has 0 bridgehead atoms. The molecule has 0 N–H and O–H groups in total. The Morgan fingerprint density at radius 2 is 0.879 bits per heavy atom. The maximum Gasteiger partial charge on any atom is 0.134 e. The third kappa shape index (κ3) is 5.84. The van der Waals surface area contributed by atoms with E-state index < -0.39 is 0 Å². The number of furan rings is 1. The first kappa shape index (κ1) is 21.7. The summed E-state index contributed by atoms with van der Waals surface area (Å²) >= 11 is 0. The van der Waals surface area contributed by atoms with Gasteiger partial charge in [0, 0.05) is 11.1 Å². The van der Waals surface area contributed by atoms with Crippen molar-refractivity contribution < 1.29 is 4.42 Å². The molecule has 0 amide bonds. The molecule has 2 aromatic carbocycles. The largest absolute Gasteiger partial charge is 0.456 e. The lowest BCUT2D eigenvalue weighted by Crippen LogP contribution is -2.08. The van der Waals surface area contributed by atoms with E-state index in [0.29, 0.717) is 12.1 Å². The van der Waals surface area contributed by atoms with Crippen LogP contribution in [0.2, 0.25) is 0 Å². The van der Waals surface area contributed by atoms with Crippen molar-refractivity contribution >= 4 is 11.4 Å². The van der Waals surface area contributed by atoms with Gasteiger partial charge in [0.25, 0.3) is 0 Å². The molecule has 33 heavy (non-hydrogen) atoms. The van der Waals surface area contributed by atoms with Gasteiger partial charge in [0.15, 0.2) is 0 Å². The molecule has 0 saturated heterocycles. The third-order valence-electron chi connectivity index (χ3n) is 6.73. The van der Waals surface area contributed by atoms with Crippen LogP contribution in [0.4, 0.5) is 11.4 Å². The summed E-state index contributed by atoms with van der Waals surface area (Å²) in [7, 11) is 0. The molecule has 0 unspecified atom stereocenters. The lowest BCUT2D eigenvalue weighted by molar-refractivity contribution is 0.432. The Balaban J connectivity index is 1.21. The van der Waals surface area contributed by atoms with Crippen molar-refractivity contribution in [3.05, 3.63) is 60.7 Å². The molecule has 2 fully saturated rings. The molecular formula is C28H32N4O. The SMILES string of the molecule is c1cc(-c2ccc(-c3ccc(N=NC4CCCCC4)cc3)o2)ccc1N=NC1CCCCC1. The van der Waals surface area contributed by atoms with Gasteiger partial charge in [-0.3, -0.25) is 0 Å². The lowest BCUT2D eigenvalue weighted by atomic mass is 9.96. The molecule has 0 atom stereocenters. The highest BCUT2D eigenvalue weighted by Crippen LogP contribution is 2.31. The van der Waals surface area contributed by atoms with Gasteiger partial charge < -0.3 is 4.42 Å². The van der Waals surface area contributed by atoms with E-state index in [1.807, 2.05) is 60.7 Å². The van der Waals surface area contributed by atoms with Crippen molar-refractivity contribution in [1.29, 1.82) is 0 Å². The maximum atomic E-state index is 6.14. The normalized spacial score (nSPS) is 18.4. The molecule has 2 saturated carbocycles. The van der Waals surface area contributed by atoms with Crippen LogP contribution >= 0.6 is 0 Å². The number of hydrogen-bond acceptors (Lipinski definition) is 5. The second kappa shape index (κ2) is 10.7. The van der Waals surface area contributed by atoms with Gasteiger partial charge in [-0.05, 0) is 86.3 Å². The van der Waals surface area contributed by atoms with Crippen LogP contribution in [-0.4, -0.2) is 12.1 Å². The summed E-state index contributed by atoms with van der Waals surface area (Å²) < 4.78 is 6.14. The minimum atomic E-state index is 0.395. The molecule has 2 aliphatic rings. The number of hydrogen-bond donors (Lipinski definition) is 0. The Hall–Kier alpha value is -3.08. The lowest BCUT2D eigenvalue weighted by Gasteiger charge is -2.15. The van der Waals surface area contributed by atoms with E-state index in [4.69, 9.17) is 4.42 Å². The van der Waals surface area contributed by atoms with Gasteiger partial charge in [-0.15, -0.1) is 0 Å². The van der Waals surface area contributed by atoms with Crippen molar-refractivity contribution in [3.8, 4) is 22.6 Å². The Morgan fingerprint density at radius 3 is 1.27 bits per heavy atom. The molecule has 0 aliphatic heterocycles. The Bertz CT molecular complexity index is 984. The van der Waals surface area contributed by atoms with E-state index in [1.54, 1.807) is 0 Å². The minimum Gasteiger partial charge on any atom is -0.456 e. The molecule has 1 aromatic heterocycles. The van der Waals surface area contributed by atoms with Crippen LogP contribution in [0.5, 0.6) is 0 Å². The van der Waals surface area contributed by atoms with Gasteiger partial charge in [-0.2, -0.15) is 20.5 Å². The molecule has 0 radical (unpaired) electrons. The molecule has 5 nitrogen and oxygen atoms in total. The number of nitrogens with zero attached hydrogens (tertiary/aromatic N) is 4. The highest BCUT2D eigenvalue weighted by Gasteiger charge is 2.13. The first-order chi connectivity index (χ1) is 16.3. The maximum absolute atomic E-state index is 6.14. The summed E-state index contributed by atoms with van der Waals surface area (Å²) in [6.07, 6.45) is 12.4. The van der Waals surface area contributed by atoms with E-state index in [9.17, 15) is 0 Å². The molecule has 1 heterocycles. The summed E-state index contributed by atoms with van der Waals surface area (Å²) in [5.41, 5.74) is 3.87. The second-order valence-electron chi connectivity index (χ2n) is 9.27. The van der Waals surface area contributed by atoms with Gasteiger partial charge >= 0.3 is 0 Å². The fourth-order valence-corrected chi connectivity index (χ4v) is 4.72. The average Bonchev–Trinajstić information content (AvgIpc) is 3.38. The Labute approximate surface area is 196 Å². The standard InChI is InChI=1S/C28H32N4O/c1-3-7-23(8-4-1)29-31-25-15-11-21(12-16-25)27-19-20-28(33-27)22-13-17-26(18-14-22)32-30-24-9-5-2-6-10-24/h11-20,23-24H,1-10H2. The average molecular weight is 441 g/mol. The quantitative estimate of drug-likeness (QED) is 0.352. The Kier molecular flexibility index (Phi) is 7.05. The van der Waals surface area contributed by atoms with E-state index in [1.165, 1.54) is 64.2 Å². The summed E-state index contributed by atoms with van der Waals surface area (Å²) in [6.45, 7) is 0. The topological polar surface area (TPSA) is 62.6 Å². The van der Waals surface area contributed by atoms with Crippen LogP contribution in [0, 0.1) is 0 Å². The van der Waals surface area contributed by atoms with Crippen LogP contribution in [-0.2, 0) is 0 Å². The highest BCUT2D eigenvalue weighted by molar-refractivity contribution is 5.66. The zero-order chi connectivity index (χ0) is 22.3. The van der Waals surface area contributed by atoms with Gasteiger partial charge in [0.05, 0.1) is 23.5 Å². The highest BCUT2D eigenvalue weighted by atomic mass is 16.3. The van der Waals surface area contributed by atoms with E-state index in [2.05, 4.69) is 20.5 Å². The van der Waals surface area contributed by atoms with E-state index >= 15 is 0 Å². The van der Waals surface area contributed by atoms with Gasteiger partial charge in [0.2, 0.25) is 0 Å². The van der Waals surface area contributed by atoms with Crippen LogP contribution in [0.25, 0.3) is 22.6 Å². The van der Waals surface area contributed by atoms with Crippen LogP contribution < -0.4 is 0 Å². The minimum absolute atomic E-state index is 0.395. The fourth-order valence-electron chi connectivity index (χ4n) is 4.72. The van der Waals surface area contributed by atoms with Crippen molar-refractivity contribution in [2.24, 2.45) is 20.5 Å². The first-order valence-electron chi connectivity index (χ1n) is 12.5. The van der Waals surface area contributed by atoms with Crippen molar-refractivity contribution in [2.45, 2.75) is 76.3 Å². The molecule has 0 spiro atoms. The van der Waals surface area contributed by atoms with Crippen molar-refractivity contribution in [2.75, 3.05) is 0 Å². The van der Waals surface area contributed by atoms with Crippen LogP contribution in [0.1, 0.15) is 64.2 Å². The van der Waals surface area contributed by atoms with Gasteiger partial charge in [0.1, 0.15) is 11.5 Å². The van der Waals surface area contributed by atoms with Crippen LogP contribution in [0.15, 0.2) is 85.5 Å². The predicted octanol–water partition coefficient (Wildman–Crippen LogP) is 9.45. The summed E-state index contributed by atoms with van der Waals surface area (Å²) in [5.74, 6) is 1.70. The van der Waals surface area contributed by atoms with Crippen LogP contribution in [0.3, 0.4) is 0 Å². The molecule has 5 rings (SSSR count). The smallest absolute Gasteiger partial charge is 0.134 e. The van der Waals surface area contributed by atoms with Crippen molar-refractivity contribution in [1.82, 2.24) is 0 Å². The molecule has 3 aromatic rings. The van der Waals surface area contributed by atoms with E-state index in [0.717, 1.165) is 34.0 Å². The van der Waals surface area contributed by atoms with Crippen molar-refractivity contribution in [3.63, 3.8) is 0 Å². The molecule has 5 heteroatoms. The summed E-state index contributed by atoms with van der Waals surface area (Å²) in [5, 5.41) is 18.0. The molecular weight excluding hydrogens is 408 g/mol. The van der Waals surface area contributed by atoms with Gasteiger partial charge in [-0.25, -0.2) is 0 Å². The second-order valence-corrected chi connectivity index (χ2v) is 9.27. The zero-order valence-electron chi connectivity index (χ0n) is 19.2. The molecule has 2 aliphatic carbocycles. The number of benzene rings is 2. The number of rotatable bonds is 6. The fraction of sp³-hybridized carbons (Fsp3) is 0.429. The Morgan fingerprint density at radius 1 is 0.485 bits per heavy atom. The zero-order valence-corrected chi connectivity index (χ0v) is 19.2. The summed E-state index contributed by atoms with van der Waals surface area (Å²) in [4.78, 5) is 0. The van der Waals surface area contributed by atoms with E-state index in [-0.39, 0.29) is 0 Å². The monoisotopic (exact) mass is 440 g/mol. The summed E-state index contributed by atoms with van der Waals surface area (Å²) in [6, 6.07) is 21.1. The number of azo groups is 2. The predicted molar refractivity (Wildman–Crippen MR) is 132 cm³/mol. The molecule has 170 valence electrons. The third-order valence-corrected chi connectivity index (χ3v) is 6.73.